The normalized spacial score (nSPS) is 10.5. The first-order chi connectivity index (χ1) is 15.4. The van der Waals surface area contributed by atoms with E-state index in [-0.39, 0.29) is 12.3 Å². The molecule has 1 N–H and O–H groups in total. The second-order valence-corrected chi connectivity index (χ2v) is 6.66. The molecule has 9 nitrogen and oxygen atoms in total. The average Bonchev–Trinajstić information content (AvgIpc) is 2.79. The van der Waals surface area contributed by atoms with Crippen molar-refractivity contribution in [3.8, 4) is 11.5 Å². The summed E-state index contributed by atoms with van der Waals surface area (Å²) < 4.78 is 10.6. The number of nitro groups is 1. The minimum absolute atomic E-state index is 0.0673. The highest BCUT2D eigenvalue weighted by atomic mass is 16.6. The average molecular weight is 433 g/mol. The van der Waals surface area contributed by atoms with Crippen LogP contribution in [0.5, 0.6) is 11.5 Å². The number of carbonyl (C=O) groups is 2. The van der Waals surface area contributed by atoms with E-state index in [4.69, 9.17) is 9.47 Å². The maximum absolute atomic E-state index is 12.2. The second kappa shape index (κ2) is 10.5. The van der Waals surface area contributed by atoms with E-state index in [1.54, 1.807) is 42.5 Å². The lowest BCUT2D eigenvalue weighted by Crippen LogP contribution is -2.24. The van der Waals surface area contributed by atoms with Crippen molar-refractivity contribution < 1.29 is 24.0 Å². The van der Waals surface area contributed by atoms with Crippen LogP contribution >= 0.6 is 0 Å². The highest BCUT2D eigenvalue weighted by Crippen LogP contribution is 2.17. The summed E-state index contributed by atoms with van der Waals surface area (Å²) in [5, 5.41) is 14.4. The van der Waals surface area contributed by atoms with Gasteiger partial charge in [0, 0.05) is 12.1 Å². The lowest BCUT2D eigenvalue weighted by atomic mass is 10.1. The van der Waals surface area contributed by atoms with E-state index >= 15 is 0 Å². The third-order valence-corrected chi connectivity index (χ3v) is 4.16. The van der Waals surface area contributed by atoms with E-state index in [1.165, 1.54) is 30.5 Å². The van der Waals surface area contributed by atoms with Gasteiger partial charge in [-0.05, 0) is 61.0 Å². The fraction of sp³-hybridized carbons (Fsp3) is 0.0870. The number of rotatable bonds is 8. The highest BCUT2D eigenvalue weighted by molar-refractivity contribution is 5.91. The van der Waals surface area contributed by atoms with Crippen LogP contribution in [-0.2, 0) is 4.79 Å². The van der Waals surface area contributed by atoms with Crippen LogP contribution < -0.4 is 14.9 Å². The molecule has 9 heteroatoms. The van der Waals surface area contributed by atoms with Crippen molar-refractivity contribution in [2.75, 3.05) is 6.61 Å². The molecule has 3 aromatic carbocycles. The Bertz CT molecular complexity index is 1140. The lowest BCUT2D eigenvalue weighted by Gasteiger charge is -2.05. The van der Waals surface area contributed by atoms with E-state index in [1.807, 2.05) is 13.0 Å². The summed E-state index contributed by atoms with van der Waals surface area (Å²) in [5.74, 6) is -0.238. The number of nitro benzene ring substituents is 1. The van der Waals surface area contributed by atoms with Crippen molar-refractivity contribution in [1.82, 2.24) is 5.43 Å². The Morgan fingerprint density at radius 2 is 1.72 bits per heavy atom. The summed E-state index contributed by atoms with van der Waals surface area (Å²) in [4.78, 5) is 34.1. The fourth-order valence-electron chi connectivity index (χ4n) is 2.58. The van der Waals surface area contributed by atoms with Gasteiger partial charge in [-0.15, -0.1) is 0 Å². The van der Waals surface area contributed by atoms with Crippen LogP contribution in [0.4, 0.5) is 5.69 Å². The van der Waals surface area contributed by atoms with Crippen LogP contribution in [0.3, 0.4) is 0 Å². The van der Waals surface area contributed by atoms with Gasteiger partial charge in [0.2, 0.25) is 0 Å². The van der Waals surface area contributed by atoms with Gasteiger partial charge >= 0.3 is 5.97 Å². The van der Waals surface area contributed by atoms with Crippen molar-refractivity contribution >= 4 is 23.8 Å². The largest absolute Gasteiger partial charge is 0.484 e. The number of hydrogen-bond acceptors (Lipinski definition) is 7. The van der Waals surface area contributed by atoms with Crippen LogP contribution in [0.2, 0.25) is 0 Å². The third-order valence-electron chi connectivity index (χ3n) is 4.16. The number of nitrogens with zero attached hydrogens (tertiary/aromatic N) is 2. The van der Waals surface area contributed by atoms with Gasteiger partial charge in [-0.3, -0.25) is 14.9 Å². The Hall–Kier alpha value is -4.53. The van der Waals surface area contributed by atoms with E-state index in [9.17, 15) is 19.7 Å². The maximum Gasteiger partial charge on any atom is 0.343 e. The summed E-state index contributed by atoms with van der Waals surface area (Å²) in [6, 6.07) is 19.1. The summed E-state index contributed by atoms with van der Waals surface area (Å²) in [7, 11) is 0. The molecule has 0 aromatic heterocycles. The fourth-order valence-corrected chi connectivity index (χ4v) is 2.58. The van der Waals surface area contributed by atoms with Crippen LogP contribution in [0.1, 0.15) is 21.5 Å². The first-order valence-electron chi connectivity index (χ1n) is 9.49. The van der Waals surface area contributed by atoms with E-state index in [2.05, 4.69) is 10.5 Å². The molecule has 1 amide bonds. The smallest absolute Gasteiger partial charge is 0.343 e. The quantitative estimate of drug-likeness (QED) is 0.190. The van der Waals surface area contributed by atoms with Crippen LogP contribution in [0.15, 0.2) is 77.9 Å². The van der Waals surface area contributed by atoms with Crippen molar-refractivity contribution in [3.05, 3.63) is 99.6 Å². The minimum Gasteiger partial charge on any atom is -0.484 e. The molecule has 0 aliphatic rings. The van der Waals surface area contributed by atoms with Gasteiger partial charge in [-0.1, -0.05) is 17.7 Å². The van der Waals surface area contributed by atoms with Gasteiger partial charge < -0.3 is 9.47 Å². The Labute approximate surface area is 183 Å². The molecule has 0 saturated heterocycles. The van der Waals surface area contributed by atoms with E-state index < -0.39 is 16.8 Å². The number of hydrogen-bond donors (Lipinski definition) is 1. The monoisotopic (exact) mass is 433 g/mol. The molecule has 3 aromatic rings. The topological polar surface area (TPSA) is 120 Å². The molecule has 162 valence electrons. The van der Waals surface area contributed by atoms with Crippen molar-refractivity contribution in [2.24, 2.45) is 5.10 Å². The summed E-state index contributed by atoms with van der Waals surface area (Å²) >= 11 is 0. The molecule has 0 fully saturated rings. The van der Waals surface area contributed by atoms with Crippen LogP contribution in [0, 0.1) is 17.0 Å². The molecule has 0 aliphatic heterocycles. The Morgan fingerprint density at radius 3 is 2.38 bits per heavy atom. The van der Waals surface area contributed by atoms with E-state index in [0.29, 0.717) is 22.6 Å². The van der Waals surface area contributed by atoms with Crippen LogP contribution in [0.25, 0.3) is 0 Å². The number of ether oxygens (including phenoxy) is 2. The third kappa shape index (κ3) is 6.49. The molecule has 3 rings (SSSR count). The van der Waals surface area contributed by atoms with Crippen molar-refractivity contribution in [1.29, 1.82) is 0 Å². The van der Waals surface area contributed by atoms with Gasteiger partial charge in [0.1, 0.15) is 11.5 Å². The van der Waals surface area contributed by atoms with Gasteiger partial charge in [0.05, 0.1) is 16.7 Å². The number of hydrazone groups is 1. The van der Waals surface area contributed by atoms with E-state index in [0.717, 1.165) is 5.56 Å². The van der Waals surface area contributed by atoms with Gasteiger partial charge in [-0.25, -0.2) is 10.2 Å². The number of carbonyl (C=O) groups excluding carboxylic acids is 2. The number of non-ortho nitro benzene ring substituents is 1. The zero-order valence-electron chi connectivity index (χ0n) is 17.1. The number of aryl methyl sites for hydroxylation is 1. The zero-order chi connectivity index (χ0) is 22.9. The molecule has 0 aliphatic carbocycles. The summed E-state index contributed by atoms with van der Waals surface area (Å²) in [5.41, 5.74) is 4.36. The SMILES string of the molecule is Cc1cccc(C(=O)Oc2ccc(/C=N/NC(=O)COc3ccc([N+](=O)[O-])cc3)cc2)c1. The second-order valence-electron chi connectivity index (χ2n) is 6.66. The maximum atomic E-state index is 12.2. The molecular weight excluding hydrogens is 414 g/mol. The number of esters is 1. The zero-order valence-corrected chi connectivity index (χ0v) is 17.1. The van der Waals surface area contributed by atoms with Crippen molar-refractivity contribution in [2.45, 2.75) is 6.92 Å². The van der Waals surface area contributed by atoms with Gasteiger partial charge in [0.15, 0.2) is 6.61 Å². The Kier molecular flexibility index (Phi) is 7.26. The molecule has 0 heterocycles. The first-order valence-corrected chi connectivity index (χ1v) is 9.49. The predicted molar refractivity (Wildman–Crippen MR) is 117 cm³/mol. The molecule has 0 radical (unpaired) electrons. The molecule has 0 spiro atoms. The Morgan fingerprint density at radius 1 is 1.03 bits per heavy atom. The molecule has 0 bridgehead atoms. The molecule has 0 unspecified atom stereocenters. The van der Waals surface area contributed by atoms with Crippen molar-refractivity contribution in [3.63, 3.8) is 0 Å². The number of nitrogens with one attached hydrogen (secondary N) is 1. The standard InChI is InChI=1S/C23H19N3O6/c1-16-3-2-4-18(13-16)23(28)32-21-9-5-17(6-10-21)14-24-25-22(27)15-31-20-11-7-19(8-12-20)26(29)30/h2-14H,15H2,1H3,(H,25,27)/b24-14+. The van der Waals surface area contributed by atoms with Crippen LogP contribution in [-0.4, -0.2) is 29.6 Å². The molecule has 32 heavy (non-hydrogen) atoms. The molecular formula is C23H19N3O6. The highest BCUT2D eigenvalue weighted by Gasteiger charge is 2.09. The predicted octanol–water partition coefficient (Wildman–Crippen LogP) is 3.65. The lowest BCUT2D eigenvalue weighted by molar-refractivity contribution is -0.384. The molecule has 0 saturated carbocycles. The summed E-state index contributed by atoms with van der Waals surface area (Å²) in [6.45, 7) is 1.59. The summed E-state index contributed by atoms with van der Waals surface area (Å²) in [6.07, 6.45) is 1.43. The Balaban J connectivity index is 1.45. The molecule has 0 atom stereocenters. The van der Waals surface area contributed by atoms with Gasteiger partial charge in [0.25, 0.3) is 11.6 Å². The number of benzene rings is 3. The number of amides is 1. The van der Waals surface area contributed by atoms with Gasteiger partial charge in [-0.2, -0.15) is 5.10 Å². The minimum atomic E-state index is -0.522. The first kappa shape index (κ1) is 22.2.